The fourth-order valence-electron chi connectivity index (χ4n) is 3.50. The second kappa shape index (κ2) is 11.5. The minimum Gasteiger partial charge on any atom is -0.462 e. The number of nitrogens with zero attached hydrogens (tertiary/aromatic N) is 1. The van der Waals surface area contributed by atoms with E-state index < -0.39 is 5.91 Å². The molecule has 0 radical (unpaired) electrons. The molecule has 0 saturated heterocycles. The average molecular weight is 492 g/mol. The molecule has 2 aromatic heterocycles. The number of H-pyrrole nitrogens is 1. The number of ether oxygens (including phenoxy) is 2. The van der Waals surface area contributed by atoms with Crippen LogP contribution in [0, 0.1) is 0 Å². The zero-order chi connectivity index (χ0) is 24.6. The number of carbonyl (C=O) groups excluding carboxylic acids is 2. The van der Waals surface area contributed by atoms with Gasteiger partial charge in [0, 0.05) is 12.1 Å². The summed E-state index contributed by atoms with van der Waals surface area (Å²) in [5, 5.41) is 5.03. The van der Waals surface area contributed by atoms with Crippen LogP contribution in [0.25, 0.3) is 10.2 Å². The van der Waals surface area contributed by atoms with Gasteiger partial charge < -0.3 is 19.8 Å². The first-order valence-corrected chi connectivity index (χ1v) is 12.1. The molecular formula is C26H25N3O5S. The van der Waals surface area contributed by atoms with Crippen molar-refractivity contribution in [1.82, 2.24) is 15.3 Å². The van der Waals surface area contributed by atoms with Crippen LogP contribution >= 0.6 is 11.3 Å². The van der Waals surface area contributed by atoms with Gasteiger partial charge in [-0.1, -0.05) is 42.5 Å². The predicted molar refractivity (Wildman–Crippen MR) is 134 cm³/mol. The molecule has 8 nitrogen and oxygen atoms in total. The van der Waals surface area contributed by atoms with Gasteiger partial charge in [0.1, 0.15) is 4.83 Å². The molecule has 4 aromatic rings. The van der Waals surface area contributed by atoms with E-state index in [1.165, 1.54) is 11.3 Å². The lowest BCUT2D eigenvalue weighted by Crippen LogP contribution is -2.29. The summed E-state index contributed by atoms with van der Waals surface area (Å²) >= 11 is 1.29. The minimum absolute atomic E-state index is 0.00781. The highest BCUT2D eigenvalue weighted by molar-refractivity contribution is 7.16. The van der Waals surface area contributed by atoms with Crippen molar-refractivity contribution in [2.45, 2.75) is 26.6 Å². The lowest BCUT2D eigenvalue weighted by molar-refractivity contribution is 0.0526. The summed E-state index contributed by atoms with van der Waals surface area (Å²) in [6.45, 7) is 3.06. The summed E-state index contributed by atoms with van der Waals surface area (Å²) < 4.78 is 10.8. The minimum atomic E-state index is -0.419. The van der Waals surface area contributed by atoms with E-state index in [2.05, 4.69) is 15.3 Å². The highest BCUT2D eigenvalue weighted by atomic mass is 32.1. The van der Waals surface area contributed by atoms with Crippen molar-refractivity contribution in [3.63, 3.8) is 0 Å². The maximum atomic E-state index is 12.7. The van der Waals surface area contributed by atoms with Gasteiger partial charge in [-0.05, 0) is 42.0 Å². The molecule has 0 aliphatic heterocycles. The number of fused-ring (bicyclic) bond motifs is 1. The molecule has 4 rings (SSSR count). The average Bonchev–Trinajstić information content (AvgIpc) is 3.28. The van der Waals surface area contributed by atoms with Crippen molar-refractivity contribution in [2.75, 3.05) is 13.2 Å². The maximum absolute atomic E-state index is 12.7. The van der Waals surface area contributed by atoms with Gasteiger partial charge in [-0.2, -0.15) is 0 Å². The van der Waals surface area contributed by atoms with E-state index in [0.29, 0.717) is 47.5 Å². The molecule has 0 atom stereocenters. The zero-order valence-corrected chi connectivity index (χ0v) is 20.0. The van der Waals surface area contributed by atoms with Crippen LogP contribution in [-0.4, -0.2) is 35.0 Å². The number of thiophene rings is 1. The second-order valence-electron chi connectivity index (χ2n) is 7.76. The molecule has 2 heterocycles. The van der Waals surface area contributed by atoms with Gasteiger partial charge in [0.2, 0.25) is 5.82 Å². The monoisotopic (exact) mass is 491 g/mol. The summed E-state index contributed by atoms with van der Waals surface area (Å²) in [7, 11) is 0. The molecule has 0 aliphatic carbocycles. The lowest BCUT2D eigenvalue weighted by atomic mass is 10.1. The maximum Gasteiger partial charge on any atom is 0.338 e. The molecule has 180 valence electrons. The van der Waals surface area contributed by atoms with E-state index in [1.54, 1.807) is 31.2 Å². The number of hydrogen-bond donors (Lipinski definition) is 2. The Labute approximate surface area is 205 Å². The van der Waals surface area contributed by atoms with Crippen molar-refractivity contribution in [3.05, 3.63) is 98.4 Å². The van der Waals surface area contributed by atoms with Crippen LogP contribution in [0.3, 0.4) is 0 Å². The first kappa shape index (κ1) is 24.3. The molecule has 0 aliphatic rings. The molecule has 1 amide bonds. The standard InChI is InChI=1S/C26H25N3O5S/c1-2-34-26(32)19-10-8-18(9-11-19)14-33-15-20-16-35-25-21(20)23(30)28-22(29-25)24(31)27-13-12-17-6-4-3-5-7-17/h3-11,16H,2,12-15H2,1H3,(H,27,31)(H,28,29,30). The Balaban J connectivity index is 1.34. The molecule has 0 fully saturated rings. The van der Waals surface area contributed by atoms with Crippen molar-refractivity contribution in [2.24, 2.45) is 0 Å². The summed E-state index contributed by atoms with van der Waals surface area (Å²) in [6, 6.07) is 16.8. The van der Waals surface area contributed by atoms with E-state index in [0.717, 1.165) is 11.1 Å². The number of aromatic nitrogens is 2. The Kier molecular flexibility index (Phi) is 8.02. The zero-order valence-electron chi connectivity index (χ0n) is 19.2. The number of carbonyl (C=O) groups is 2. The Bertz CT molecular complexity index is 1360. The first-order valence-electron chi connectivity index (χ1n) is 11.2. The summed E-state index contributed by atoms with van der Waals surface area (Å²) in [5.74, 6) is -0.787. The Hall–Kier alpha value is -3.82. The fourth-order valence-corrected chi connectivity index (χ4v) is 4.43. The smallest absolute Gasteiger partial charge is 0.338 e. The number of aromatic amines is 1. The molecule has 35 heavy (non-hydrogen) atoms. The summed E-state index contributed by atoms with van der Waals surface area (Å²) in [5.41, 5.74) is 2.82. The number of rotatable bonds is 10. The number of hydrogen-bond acceptors (Lipinski definition) is 7. The fraction of sp³-hybridized carbons (Fsp3) is 0.231. The normalized spacial score (nSPS) is 10.9. The number of benzene rings is 2. The summed E-state index contributed by atoms with van der Waals surface area (Å²) in [4.78, 5) is 44.3. The van der Waals surface area contributed by atoms with Gasteiger partial charge in [0.25, 0.3) is 11.5 Å². The Morgan fingerprint density at radius 1 is 1.03 bits per heavy atom. The van der Waals surface area contributed by atoms with Gasteiger partial charge in [0.15, 0.2) is 0 Å². The van der Waals surface area contributed by atoms with Crippen LogP contribution in [0.2, 0.25) is 0 Å². The summed E-state index contributed by atoms with van der Waals surface area (Å²) in [6.07, 6.45) is 0.686. The third kappa shape index (κ3) is 6.20. The highest BCUT2D eigenvalue weighted by Crippen LogP contribution is 2.22. The number of nitrogens with one attached hydrogen (secondary N) is 2. The van der Waals surface area contributed by atoms with Gasteiger partial charge in [-0.3, -0.25) is 9.59 Å². The van der Waals surface area contributed by atoms with E-state index in [1.807, 2.05) is 35.7 Å². The van der Waals surface area contributed by atoms with E-state index >= 15 is 0 Å². The topological polar surface area (TPSA) is 110 Å². The van der Waals surface area contributed by atoms with Crippen molar-refractivity contribution >= 4 is 33.4 Å². The van der Waals surface area contributed by atoms with Crippen molar-refractivity contribution in [3.8, 4) is 0 Å². The van der Waals surface area contributed by atoms with Crippen LogP contribution in [0.4, 0.5) is 0 Å². The quantitative estimate of drug-likeness (QED) is 0.326. The molecule has 2 N–H and O–H groups in total. The SMILES string of the molecule is CCOC(=O)c1ccc(COCc2csc3nc(C(=O)NCCc4ccccc4)[nH]c(=O)c23)cc1. The molecular weight excluding hydrogens is 466 g/mol. The van der Waals surface area contributed by atoms with Crippen LogP contribution in [0.5, 0.6) is 0 Å². The Morgan fingerprint density at radius 3 is 2.54 bits per heavy atom. The van der Waals surface area contributed by atoms with Crippen LogP contribution in [-0.2, 0) is 29.1 Å². The van der Waals surface area contributed by atoms with E-state index in [9.17, 15) is 14.4 Å². The van der Waals surface area contributed by atoms with Gasteiger partial charge in [0.05, 0.1) is 30.8 Å². The molecule has 0 unspecified atom stereocenters. The lowest BCUT2D eigenvalue weighted by Gasteiger charge is -2.06. The van der Waals surface area contributed by atoms with E-state index in [4.69, 9.17) is 9.47 Å². The predicted octanol–water partition coefficient (Wildman–Crippen LogP) is 3.85. The van der Waals surface area contributed by atoms with Crippen molar-refractivity contribution in [1.29, 1.82) is 0 Å². The van der Waals surface area contributed by atoms with Crippen LogP contribution in [0.15, 0.2) is 64.8 Å². The third-order valence-electron chi connectivity index (χ3n) is 5.27. The largest absolute Gasteiger partial charge is 0.462 e. The van der Waals surface area contributed by atoms with Gasteiger partial charge >= 0.3 is 5.97 Å². The first-order chi connectivity index (χ1) is 17.0. The van der Waals surface area contributed by atoms with Crippen molar-refractivity contribution < 1.29 is 19.1 Å². The molecule has 0 spiro atoms. The molecule has 9 heteroatoms. The highest BCUT2D eigenvalue weighted by Gasteiger charge is 2.15. The molecule has 0 saturated carbocycles. The van der Waals surface area contributed by atoms with E-state index in [-0.39, 0.29) is 24.0 Å². The molecule has 0 bridgehead atoms. The number of amides is 1. The van der Waals surface area contributed by atoms with Gasteiger partial charge in [-0.15, -0.1) is 11.3 Å². The van der Waals surface area contributed by atoms with Crippen LogP contribution < -0.4 is 10.9 Å². The Morgan fingerprint density at radius 2 is 1.80 bits per heavy atom. The molecule has 2 aromatic carbocycles. The second-order valence-corrected chi connectivity index (χ2v) is 8.62. The van der Waals surface area contributed by atoms with Crippen LogP contribution in [0.1, 0.15) is 44.6 Å². The van der Waals surface area contributed by atoms with Gasteiger partial charge in [-0.25, -0.2) is 9.78 Å². The third-order valence-corrected chi connectivity index (χ3v) is 6.19. The number of esters is 1.